The molecule has 92 valence electrons. The summed E-state index contributed by atoms with van der Waals surface area (Å²) in [6.45, 7) is 4.79. The summed E-state index contributed by atoms with van der Waals surface area (Å²) in [4.78, 5) is 11.6. The monoisotopic (exact) mass is 228 g/mol. The summed E-state index contributed by atoms with van der Waals surface area (Å²) in [5.74, 6) is 0.0842. The van der Waals surface area contributed by atoms with Gasteiger partial charge < -0.3 is 14.2 Å². The van der Waals surface area contributed by atoms with E-state index in [0.717, 1.165) is 12.8 Å². The van der Waals surface area contributed by atoms with Crippen molar-refractivity contribution in [1.82, 2.24) is 0 Å². The molecule has 0 N–H and O–H groups in total. The zero-order chi connectivity index (χ0) is 11.5. The molecule has 0 aromatic heterocycles. The van der Waals surface area contributed by atoms with Crippen molar-refractivity contribution in [2.45, 2.75) is 64.1 Å². The molecule has 2 aliphatic rings. The molecule has 0 radical (unpaired) electrons. The Balaban J connectivity index is 1.76. The third-order valence-corrected chi connectivity index (χ3v) is 3.09. The highest BCUT2D eigenvalue weighted by atomic mass is 16.7. The molecule has 16 heavy (non-hydrogen) atoms. The van der Waals surface area contributed by atoms with Crippen LogP contribution in [0.2, 0.25) is 0 Å². The Bertz CT molecular complexity index is 253. The van der Waals surface area contributed by atoms with Gasteiger partial charge in [0.2, 0.25) is 0 Å². The molecular weight excluding hydrogens is 208 g/mol. The summed E-state index contributed by atoms with van der Waals surface area (Å²) in [6, 6.07) is 0. The fourth-order valence-electron chi connectivity index (χ4n) is 2.03. The van der Waals surface area contributed by atoms with Gasteiger partial charge in [-0.3, -0.25) is 4.79 Å². The van der Waals surface area contributed by atoms with Crippen molar-refractivity contribution in [3.05, 3.63) is 0 Å². The Morgan fingerprint density at radius 3 is 2.75 bits per heavy atom. The minimum Gasteiger partial charge on any atom is -0.356 e. The molecule has 4 unspecified atom stereocenters. The van der Waals surface area contributed by atoms with Gasteiger partial charge in [-0.2, -0.15) is 0 Å². The highest BCUT2D eigenvalue weighted by molar-refractivity contribution is 5.90. The van der Waals surface area contributed by atoms with Crippen LogP contribution in [-0.4, -0.2) is 37.0 Å². The molecule has 0 amide bonds. The number of ketones is 1. The van der Waals surface area contributed by atoms with Gasteiger partial charge in [0.1, 0.15) is 12.2 Å². The van der Waals surface area contributed by atoms with Gasteiger partial charge in [-0.15, -0.1) is 0 Å². The van der Waals surface area contributed by atoms with Gasteiger partial charge >= 0.3 is 0 Å². The van der Waals surface area contributed by atoms with Crippen molar-refractivity contribution in [3.63, 3.8) is 0 Å². The van der Waals surface area contributed by atoms with Gasteiger partial charge in [0.15, 0.2) is 18.2 Å². The lowest BCUT2D eigenvalue weighted by Crippen LogP contribution is -2.42. The van der Waals surface area contributed by atoms with Gasteiger partial charge in [-0.05, 0) is 12.8 Å². The SMILES string of the molecule is CCCCCOC1OC(CC)C(=O)C2OC12. The first kappa shape index (κ1) is 12.0. The van der Waals surface area contributed by atoms with Crippen LogP contribution in [-0.2, 0) is 19.0 Å². The van der Waals surface area contributed by atoms with Gasteiger partial charge in [0.05, 0.1) is 0 Å². The van der Waals surface area contributed by atoms with Crippen LogP contribution in [0.4, 0.5) is 0 Å². The van der Waals surface area contributed by atoms with E-state index in [9.17, 15) is 4.79 Å². The number of hydrogen-bond acceptors (Lipinski definition) is 4. The number of unbranched alkanes of at least 4 members (excludes halogenated alkanes) is 2. The van der Waals surface area contributed by atoms with Crippen molar-refractivity contribution >= 4 is 5.78 Å². The van der Waals surface area contributed by atoms with E-state index in [-0.39, 0.29) is 30.4 Å². The summed E-state index contributed by atoms with van der Waals surface area (Å²) in [5.41, 5.74) is 0. The summed E-state index contributed by atoms with van der Waals surface area (Å²) in [7, 11) is 0. The van der Waals surface area contributed by atoms with Crippen LogP contribution < -0.4 is 0 Å². The van der Waals surface area contributed by atoms with Crippen LogP contribution >= 0.6 is 0 Å². The van der Waals surface area contributed by atoms with Crippen LogP contribution in [0, 0.1) is 0 Å². The third kappa shape index (κ3) is 2.44. The largest absolute Gasteiger partial charge is 0.356 e. The van der Waals surface area contributed by atoms with Crippen LogP contribution in [0.1, 0.15) is 39.5 Å². The number of fused-ring (bicyclic) bond motifs is 1. The second-order valence-electron chi connectivity index (χ2n) is 4.40. The molecule has 2 aliphatic heterocycles. The minimum atomic E-state index is -0.333. The van der Waals surface area contributed by atoms with Crippen LogP contribution in [0.5, 0.6) is 0 Å². The van der Waals surface area contributed by atoms with E-state index in [1.807, 2.05) is 6.92 Å². The Kier molecular flexibility index (Phi) is 3.95. The van der Waals surface area contributed by atoms with E-state index in [1.165, 1.54) is 6.42 Å². The van der Waals surface area contributed by atoms with Crippen molar-refractivity contribution in [2.24, 2.45) is 0 Å². The number of carbonyl (C=O) groups excluding carboxylic acids is 1. The molecule has 2 fully saturated rings. The van der Waals surface area contributed by atoms with E-state index < -0.39 is 0 Å². The van der Waals surface area contributed by atoms with Crippen LogP contribution in [0.25, 0.3) is 0 Å². The van der Waals surface area contributed by atoms with E-state index in [1.54, 1.807) is 0 Å². The molecule has 4 heteroatoms. The second kappa shape index (κ2) is 5.25. The molecule has 0 aromatic carbocycles. The lowest BCUT2D eigenvalue weighted by Gasteiger charge is -2.25. The number of Topliss-reactive ketones (excluding diaryl/α,β-unsaturated/α-hetero) is 1. The molecule has 2 rings (SSSR count). The zero-order valence-electron chi connectivity index (χ0n) is 9.98. The molecular formula is C12H20O4. The fourth-order valence-corrected chi connectivity index (χ4v) is 2.03. The molecule has 0 aromatic rings. The molecule has 4 nitrogen and oxygen atoms in total. The second-order valence-corrected chi connectivity index (χ2v) is 4.40. The predicted octanol–water partition coefficient (Wildman–Crippen LogP) is 1.66. The normalized spacial score (nSPS) is 37.2. The highest BCUT2D eigenvalue weighted by Crippen LogP contribution is 2.36. The maximum atomic E-state index is 11.6. The molecule has 4 atom stereocenters. The first-order chi connectivity index (χ1) is 7.77. The third-order valence-electron chi connectivity index (χ3n) is 3.09. The summed E-state index contributed by atoms with van der Waals surface area (Å²) in [6.07, 6.45) is 3.01. The first-order valence-electron chi connectivity index (χ1n) is 6.24. The molecule has 0 saturated carbocycles. The fraction of sp³-hybridized carbons (Fsp3) is 0.917. The molecule has 0 aliphatic carbocycles. The van der Waals surface area contributed by atoms with E-state index in [4.69, 9.17) is 14.2 Å². The smallest absolute Gasteiger partial charge is 0.193 e. The number of epoxide rings is 1. The Hall–Kier alpha value is -0.450. The predicted molar refractivity (Wildman–Crippen MR) is 58.1 cm³/mol. The van der Waals surface area contributed by atoms with Crippen LogP contribution in [0.3, 0.4) is 0 Å². The van der Waals surface area contributed by atoms with Crippen LogP contribution in [0.15, 0.2) is 0 Å². The number of ether oxygens (including phenoxy) is 3. The Labute approximate surface area is 96.2 Å². The average molecular weight is 228 g/mol. The number of hydrogen-bond donors (Lipinski definition) is 0. The Morgan fingerprint density at radius 2 is 2.06 bits per heavy atom. The maximum Gasteiger partial charge on any atom is 0.193 e. The lowest BCUT2D eigenvalue weighted by molar-refractivity contribution is -0.191. The van der Waals surface area contributed by atoms with Gasteiger partial charge in [-0.1, -0.05) is 26.7 Å². The zero-order valence-corrected chi connectivity index (χ0v) is 9.98. The average Bonchev–Trinajstić information content (AvgIpc) is 3.07. The first-order valence-corrected chi connectivity index (χ1v) is 6.24. The number of carbonyl (C=O) groups is 1. The maximum absolute atomic E-state index is 11.6. The Morgan fingerprint density at radius 1 is 1.25 bits per heavy atom. The molecule has 0 bridgehead atoms. The highest BCUT2D eigenvalue weighted by Gasteiger charge is 2.57. The van der Waals surface area contributed by atoms with E-state index >= 15 is 0 Å². The topological polar surface area (TPSA) is 48.1 Å². The van der Waals surface area contributed by atoms with Gasteiger partial charge in [0.25, 0.3) is 0 Å². The molecule has 2 heterocycles. The summed E-state index contributed by atoms with van der Waals surface area (Å²) in [5, 5.41) is 0. The van der Waals surface area contributed by atoms with Crippen molar-refractivity contribution in [3.8, 4) is 0 Å². The summed E-state index contributed by atoms with van der Waals surface area (Å²) < 4.78 is 16.5. The van der Waals surface area contributed by atoms with Gasteiger partial charge in [0, 0.05) is 6.61 Å². The van der Waals surface area contributed by atoms with E-state index in [0.29, 0.717) is 13.0 Å². The van der Waals surface area contributed by atoms with Crippen molar-refractivity contribution in [2.75, 3.05) is 6.61 Å². The minimum absolute atomic E-state index is 0.0842. The molecule has 0 spiro atoms. The molecule has 2 saturated heterocycles. The summed E-state index contributed by atoms with van der Waals surface area (Å²) >= 11 is 0. The lowest BCUT2D eigenvalue weighted by atomic mass is 10.0. The standard InChI is InChI=1S/C12H20O4/c1-3-5-6-7-14-12-11-10(16-11)9(13)8(4-2)15-12/h8,10-12H,3-7H2,1-2H3. The van der Waals surface area contributed by atoms with Crippen molar-refractivity contribution in [1.29, 1.82) is 0 Å². The van der Waals surface area contributed by atoms with Crippen molar-refractivity contribution < 1.29 is 19.0 Å². The van der Waals surface area contributed by atoms with E-state index in [2.05, 4.69) is 6.92 Å². The van der Waals surface area contributed by atoms with Gasteiger partial charge in [-0.25, -0.2) is 0 Å². The number of rotatable bonds is 6. The quantitative estimate of drug-likeness (QED) is 0.512.